The van der Waals surface area contributed by atoms with Gasteiger partial charge in [0.05, 0.1) is 9.80 Å². The summed E-state index contributed by atoms with van der Waals surface area (Å²) < 4.78 is 0. The summed E-state index contributed by atoms with van der Waals surface area (Å²) in [6.45, 7) is 1.41. The largest absolute Gasteiger partial charge is 0.473 e. The molecule has 11 heteroatoms. The lowest BCUT2D eigenvalue weighted by Crippen LogP contribution is -2.31. The maximum Gasteiger partial charge on any atom is 0.414 e. The molecule has 4 N–H and O–H groups in total. The van der Waals surface area contributed by atoms with Crippen LogP contribution in [0.25, 0.3) is 0 Å². The number of carboxylic acid groups (broad SMARTS) is 2. The van der Waals surface area contributed by atoms with Gasteiger partial charge < -0.3 is 20.8 Å². The van der Waals surface area contributed by atoms with E-state index < -0.39 is 16.9 Å². The number of hydrogen-bond donors (Lipinski definition) is 4. The van der Waals surface area contributed by atoms with Crippen molar-refractivity contribution in [2.75, 3.05) is 13.1 Å². The molecule has 144 valence electrons. The van der Waals surface area contributed by atoms with Crippen molar-refractivity contribution in [3.63, 3.8) is 0 Å². The topological polar surface area (TPSA) is 159 Å². The highest BCUT2D eigenvalue weighted by Gasteiger charge is 2.11. The maximum atomic E-state index is 11.7. The smallest absolute Gasteiger partial charge is 0.414 e. The van der Waals surface area contributed by atoms with Crippen molar-refractivity contribution in [2.24, 2.45) is 0 Å². The number of amides is 1. The lowest BCUT2D eigenvalue weighted by molar-refractivity contribution is -0.385. The number of carbonyl (C=O) groups is 3. The first-order chi connectivity index (χ1) is 12.8. The monoisotopic (exact) mass is 395 g/mol. The molecule has 2 rings (SSSR count). The third-order valence-electron chi connectivity index (χ3n) is 3.02. The van der Waals surface area contributed by atoms with Crippen LogP contribution in [0, 0.1) is 10.1 Å². The first-order valence-corrected chi connectivity index (χ1v) is 8.41. The number of para-hydroxylation sites is 1. The van der Waals surface area contributed by atoms with Gasteiger partial charge >= 0.3 is 11.9 Å². The van der Waals surface area contributed by atoms with E-state index in [-0.39, 0.29) is 11.6 Å². The van der Waals surface area contributed by atoms with Gasteiger partial charge in [0.15, 0.2) is 0 Å². The van der Waals surface area contributed by atoms with E-state index in [2.05, 4.69) is 10.6 Å². The third-order valence-corrected chi connectivity index (χ3v) is 3.89. The zero-order valence-electron chi connectivity index (χ0n) is 14.0. The Hall–Kier alpha value is -3.31. The van der Waals surface area contributed by atoms with E-state index in [9.17, 15) is 14.9 Å². The summed E-state index contributed by atoms with van der Waals surface area (Å²) >= 11 is 1.39. The Morgan fingerprint density at radius 3 is 2.26 bits per heavy atom. The number of nitrogens with zero attached hydrogens (tertiary/aromatic N) is 1. The molecule has 0 radical (unpaired) electrons. The van der Waals surface area contributed by atoms with E-state index in [0.717, 1.165) is 0 Å². The zero-order chi connectivity index (χ0) is 20.2. The fourth-order valence-corrected chi connectivity index (χ4v) is 2.46. The van der Waals surface area contributed by atoms with Gasteiger partial charge in [-0.1, -0.05) is 24.3 Å². The first-order valence-electron chi connectivity index (χ1n) is 7.54. The number of nitro groups is 1. The minimum absolute atomic E-state index is 0.0995. The first kappa shape index (κ1) is 21.7. The van der Waals surface area contributed by atoms with Crippen molar-refractivity contribution in [1.82, 2.24) is 10.6 Å². The molecule has 0 atom stereocenters. The molecule has 0 aliphatic carbocycles. The molecule has 10 nitrogen and oxygen atoms in total. The van der Waals surface area contributed by atoms with E-state index in [1.54, 1.807) is 24.3 Å². The molecule has 0 aliphatic rings. The van der Waals surface area contributed by atoms with Crippen LogP contribution in [0.1, 0.15) is 15.2 Å². The number of nitro benzene ring substituents is 1. The Balaban J connectivity index is 0.000000527. The van der Waals surface area contributed by atoms with Crippen LogP contribution in [0.2, 0.25) is 0 Å². The van der Waals surface area contributed by atoms with Crippen LogP contribution in [-0.2, 0) is 16.1 Å². The average Bonchev–Trinajstić information content (AvgIpc) is 3.16. The van der Waals surface area contributed by atoms with Crippen LogP contribution >= 0.6 is 11.3 Å². The van der Waals surface area contributed by atoms with Crippen LogP contribution < -0.4 is 10.6 Å². The standard InChI is InChI=1S/C14H15N3O3S.C2H2O4/c18-14(13-6-3-9-21-13)16-8-7-15-10-11-4-1-2-5-12(11)17(19)20;3-1(4)2(5)6/h1-6,9,15H,7-8,10H2,(H,16,18);(H,3,4)(H,5,6). The number of carboxylic acids is 2. The quantitative estimate of drug-likeness (QED) is 0.236. The van der Waals surface area contributed by atoms with E-state index in [0.29, 0.717) is 30.1 Å². The predicted octanol–water partition coefficient (Wildman–Crippen LogP) is 1.33. The Bertz CT molecular complexity index is 781. The van der Waals surface area contributed by atoms with Crippen LogP contribution in [0.15, 0.2) is 41.8 Å². The van der Waals surface area contributed by atoms with E-state index in [1.165, 1.54) is 17.4 Å². The highest BCUT2D eigenvalue weighted by Crippen LogP contribution is 2.16. The summed E-state index contributed by atoms with van der Waals surface area (Å²) in [5.74, 6) is -3.75. The molecule has 27 heavy (non-hydrogen) atoms. The predicted molar refractivity (Wildman–Crippen MR) is 96.7 cm³/mol. The molecule has 0 bridgehead atoms. The van der Waals surface area contributed by atoms with Gasteiger partial charge in [0.1, 0.15) is 0 Å². The van der Waals surface area contributed by atoms with Gasteiger partial charge in [-0.05, 0) is 11.4 Å². The van der Waals surface area contributed by atoms with Crippen molar-refractivity contribution in [1.29, 1.82) is 0 Å². The highest BCUT2D eigenvalue weighted by atomic mass is 32.1. The van der Waals surface area contributed by atoms with Crippen molar-refractivity contribution in [3.05, 3.63) is 62.3 Å². The fraction of sp³-hybridized carbons (Fsp3) is 0.188. The zero-order valence-corrected chi connectivity index (χ0v) is 14.8. The summed E-state index contributed by atoms with van der Waals surface area (Å²) in [6, 6.07) is 10.2. The Morgan fingerprint density at radius 2 is 1.70 bits per heavy atom. The lowest BCUT2D eigenvalue weighted by Gasteiger charge is -2.06. The molecule has 1 heterocycles. The molecule has 0 aliphatic heterocycles. The number of carbonyl (C=O) groups excluding carboxylic acids is 1. The summed E-state index contributed by atoms with van der Waals surface area (Å²) in [5.41, 5.74) is 0.736. The van der Waals surface area contributed by atoms with Crippen molar-refractivity contribution < 1.29 is 29.5 Å². The van der Waals surface area contributed by atoms with Gasteiger partial charge in [-0.3, -0.25) is 14.9 Å². The van der Waals surface area contributed by atoms with Gasteiger partial charge in [-0.25, -0.2) is 9.59 Å². The lowest BCUT2D eigenvalue weighted by atomic mass is 10.2. The molecule has 0 saturated carbocycles. The number of rotatable bonds is 7. The SMILES string of the molecule is O=C(NCCNCc1ccccc1[N+](=O)[O-])c1cccs1.O=C(O)C(=O)O. The minimum atomic E-state index is -1.82. The van der Waals surface area contributed by atoms with Crippen LogP contribution in [0.4, 0.5) is 5.69 Å². The second-order valence-corrected chi connectivity index (χ2v) is 5.85. The molecule has 1 amide bonds. The number of aliphatic carboxylic acids is 2. The second kappa shape index (κ2) is 11.3. The van der Waals surface area contributed by atoms with E-state index in [1.807, 2.05) is 11.4 Å². The number of nitrogens with one attached hydrogen (secondary N) is 2. The molecule has 0 unspecified atom stereocenters. The molecule has 0 saturated heterocycles. The molecule has 1 aromatic carbocycles. The third kappa shape index (κ3) is 8.07. The molecular weight excluding hydrogens is 378 g/mol. The molecule has 2 aromatic rings. The maximum absolute atomic E-state index is 11.7. The van der Waals surface area contributed by atoms with E-state index in [4.69, 9.17) is 19.8 Å². The molecule has 0 fully saturated rings. The van der Waals surface area contributed by atoms with Gasteiger partial charge in [0.25, 0.3) is 11.6 Å². The Kier molecular flexibility index (Phi) is 9.12. The van der Waals surface area contributed by atoms with Gasteiger partial charge in [-0.2, -0.15) is 0 Å². The van der Waals surface area contributed by atoms with Gasteiger partial charge in [-0.15, -0.1) is 11.3 Å². The normalized spacial score (nSPS) is 9.63. The summed E-state index contributed by atoms with van der Waals surface area (Å²) in [5, 5.41) is 33.4. The van der Waals surface area contributed by atoms with Crippen LogP contribution in [-0.4, -0.2) is 46.1 Å². The average molecular weight is 395 g/mol. The Labute approximate surface area is 157 Å². The highest BCUT2D eigenvalue weighted by molar-refractivity contribution is 7.12. The van der Waals surface area contributed by atoms with Crippen LogP contribution in [0.5, 0.6) is 0 Å². The van der Waals surface area contributed by atoms with Crippen LogP contribution in [0.3, 0.4) is 0 Å². The Morgan fingerprint density at radius 1 is 1.04 bits per heavy atom. The van der Waals surface area contributed by atoms with Crippen molar-refractivity contribution in [3.8, 4) is 0 Å². The molecule has 0 spiro atoms. The molecule has 1 aromatic heterocycles. The van der Waals surface area contributed by atoms with E-state index >= 15 is 0 Å². The second-order valence-electron chi connectivity index (χ2n) is 4.91. The minimum Gasteiger partial charge on any atom is -0.473 e. The van der Waals surface area contributed by atoms with Gasteiger partial charge in [0.2, 0.25) is 0 Å². The van der Waals surface area contributed by atoms with Crippen molar-refractivity contribution in [2.45, 2.75) is 6.54 Å². The number of hydrogen-bond acceptors (Lipinski definition) is 7. The fourth-order valence-electron chi connectivity index (χ4n) is 1.82. The summed E-state index contributed by atoms with van der Waals surface area (Å²) in [4.78, 5) is 41.0. The van der Waals surface area contributed by atoms with Crippen molar-refractivity contribution >= 4 is 34.9 Å². The van der Waals surface area contributed by atoms with Gasteiger partial charge in [0, 0.05) is 31.3 Å². The number of thiophene rings is 1. The number of benzene rings is 1. The summed E-state index contributed by atoms with van der Waals surface area (Å²) in [6.07, 6.45) is 0. The molecular formula is C16H17N3O7S. The summed E-state index contributed by atoms with van der Waals surface area (Å²) in [7, 11) is 0.